The monoisotopic (exact) mass is 280 g/mol. The van der Waals surface area contributed by atoms with Gasteiger partial charge >= 0.3 is 5.97 Å². The molecule has 4 nitrogen and oxygen atoms in total. The Kier molecular flexibility index (Phi) is 4.61. The highest BCUT2D eigenvalue weighted by molar-refractivity contribution is 5.74. The summed E-state index contributed by atoms with van der Waals surface area (Å²) in [6.07, 6.45) is 9.93. The van der Waals surface area contributed by atoms with Gasteiger partial charge in [-0.15, -0.1) is 0 Å². The fraction of sp³-hybridized carbons (Fsp3) is 0.938. The normalized spacial score (nSPS) is 35.9. The van der Waals surface area contributed by atoms with Crippen LogP contribution >= 0.6 is 0 Å². The van der Waals surface area contributed by atoms with Crippen molar-refractivity contribution in [3.63, 3.8) is 0 Å². The lowest BCUT2D eigenvalue weighted by atomic mass is 9.85. The molecule has 114 valence electrons. The maximum atomic E-state index is 11.6. The van der Waals surface area contributed by atoms with Gasteiger partial charge in [0.15, 0.2) is 0 Å². The van der Waals surface area contributed by atoms with Gasteiger partial charge in [-0.1, -0.05) is 19.3 Å². The molecule has 3 atom stereocenters. The zero-order valence-corrected chi connectivity index (χ0v) is 12.5. The second-order valence-corrected chi connectivity index (χ2v) is 6.84. The highest BCUT2D eigenvalue weighted by Crippen LogP contribution is 2.39. The summed E-state index contributed by atoms with van der Waals surface area (Å²) in [4.78, 5) is 16.4. The van der Waals surface area contributed by atoms with Gasteiger partial charge in [0.25, 0.3) is 0 Å². The van der Waals surface area contributed by atoms with Crippen LogP contribution in [0.4, 0.5) is 0 Å². The quantitative estimate of drug-likeness (QED) is 0.857. The lowest BCUT2D eigenvalue weighted by molar-refractivity contribution is -0.142. The minimum Gasteiger partial charge on any atom is -0.480 e. The second kappa shape index (κ2) is 6.44. The van der Waals surface area contributed by atoms with E-state index in [-0.39, 0.29) is 6.04 Å². The van der Waals surface area contributed by atoms with Crippen LogP contribution in [0.15, 0.2) is 0 Å². The number of carbonyl (C=O) groups is 1. The van der Waals surface area contributed by atoms with Crippen molar-refractivity contribution < 1.29 is 9.90 Å². The Morgan fingerprint density at radius 2 is 1.75 bits per heavy atom. The van der Waals surface area contributed by atoms with Crippen molar-refractivity contribution in [2.45, 2.75) is 63.5 Å². The summed E-state index contributed by atoms with van der Waals surface area (Å²) in [6.45, 7) is 4.43. The Morgan fingerprint density at radius 1 is 1.00 bits per heavy atom. The fourth-order valence-electron chi connectivity index (χ4n) is 4.56. The number of carboxylic acid groups (broad SMARTS) is 1. The van der Waals surface area contributed by atoms with Crippen molar-refractivity contribution >= 4 is 5.97 Å². The first kappa shape index (κ1) is 14.3. The SMILES string of the molecule is O=C(O)C1CC2CCCCC2N1CCN1CCCCC1. The standard InChI is InChI=1S/C16H28N2O2/c19-16(20)15-12-13-6-2-3-7-14(13)18(15)11-10-17-8-4-1-5-9-17/h13-15H,1-12H2,(H,19,20). The minimum atomic E-state index is -0.599. The first-order valence-corrected chi connectivity index (χ1v) is 8.46. The Hall–Kier alpha value is -0.610. The molecule has 2 aliphatic heterocycles. The molecule has 3 aliphatic rings. The van der Waals surface area contributed by atoms with E-state index in [0.29, 0.717) is 12.0 Å². The summed E-state index contributed by atoms with van der Waals surface area (Å²) in [7, 11) is 0. The molecule has 2 heterocycles. The summed E-state index contributed by atoms with van der Waals surface area (Å²) in [5, 5.41) is 9.51. The predicted molar refractivity (Wildman–Crippen MR) is 78.8 cm³/mol. The number of hydrogen-bond donors (Lipinski definition) is 1. The number of nitrogens with zero attached hydrogens (tertiary/aromatic N) is 2. The van der Waals surface area contributed by atoms with Crippen molar-refractivity contribution in [3.8, 4) is 0 Å². The van der Waals surface area contributed by atoms with Crippen LogP contribution < -0.4 is 0 Å². The molecular formula is C16H28N2O2. The average Bonchev–Trinajstić information content (AvgIpc) is 2.85. The molecule has 3 unspecified atom stereocenters. The van der Waals surface area contributed by atoms with E-state index in [1.54, 1.807) is 0 Å². The Bertz CT molecular complexity index is 341. The summed E-state index contributed by atoms with van der Waals surface area (Å²) in [5.41, 5.74) is 0. The molecule has 0 aromatic rings. The third-order valence-electron chi connectivity index (χ3n) is 5.63. The number of hydrogen-bond acceptors (Lipinski definition) is 3. The highest BCUT2D eigenvalue weighted by Gasteiger charge is 2.44. The van der Waals surface area contributed by atoms with E-state index >= 15 is 0 Å². The molecule has 0 bridgehead atoms. The summed E-state index contributed by atoms with van der Waals surface area (Å²) < 4.78 is 0. The molecule has 1 saturated carbocycles. The van der Waals surface area contributed by atoms with Gasteiger partial charge in [0.1, 0.15) is 6.04 Å². The fourth-order valence-corrected chi connectivity index (χ4v) is 4.56. The molecule has 2 saturated heterocycles. The van der Waals surface area contributed by atoms with Gasteiger partial charge in [0.2, 0.25) is 0 Å². The molecule has 3 fully saturated rings. The van der Waals surface area contributed by atoms with E-state index in [4.69, 9.17) is 0 Å². The molecule has 20 heavy (non-hydrogen) atoms. The topological polar surface area (TPSA) is 43.8 Å². The van der Waals surface area contributed by atoms with Crippen molar-refractivity contribution in [3.05, 3.63) is 0 Å². The molecule has 0 radical (unpaired) electrons. The largest absolute Gasteiger partial charge is 0.480 e. The van der Waals surface area contributed by atoms with Crippen LogP contribution in [0.1, 0.15) is 51.4 Å². The smallest absolute Gasteiger partial charge is 0.320 e. The van der Waals surface area contributed by atoms with E-state index in [0.717, 1.165) is 19.5 Å². The van der Waals surface area contributed by atoms with E-state index in [1.165, 1.54) is 58.0 Å². The zero-order chi connectivity index (χ0) is 13.9. The van der Waals surface area contributed by atoms with Gasteiger partial charge in [-0.05, 0) is 51.1 Å². The van der Waals surface area contributed by atoms with Crippen LogP contribution in [0.5, 0.6) is 0 Å². The van der Waals surface area contributed by atoms with Crippen LogP contribution in [0.25, 0.3) is 0 Å². The summed E-state index contributed by atoms with van der Waals surface area (Å²) in [6, 6.07) is 0.336. The van der Waals surface area contributed by atoms with Crippen molar-refractivity contribution in [2.75, 3.05) is 26.2 Å². The summed E-state index contributed by atoms with van der Waals surface area (Å²) in [5.74, 6) is 0.0456. The maximum absolute atomic E-state index is 11.6. The summed E-state index contributed by atoms with van der Waals surface area (Å²) >= 11 is 0. The van der Waals surface area contributed by atoms with Crippen molar-refractivity contribution in [1.29, 1.82) is 0 Å². The van der Waals surface area contributed by atoms with Crippen LogP contribution in [-0.4, -0.2) is 59.1 Å². The number of likely N-dealkylation sites (tertiary alicyclic amines) is 2. The molecule has 0 aromatic carbocycles. The predicted octanol–water partition coefficient (Wildman–Crippen LogP) is 2.19. The average molecular weight is 280 g/mol. The molecule has 1 N–H and O–H groups in total. The second-order valence-electron chi connectivity index (χ2n) is 6.84. The van der Waals surface area contributed by atoms with Crippen LogP contribution in [-0.2, 0) is 4.79 Å². The first-order chi connectivity index (χ1) is 9.75. The van der Waals surface area contributed by atoms with Gasteiger partial charge in [-0.3, -0.25) is 9.69 Å². The van der Waals surface area contributed by atoms with E-state index < -0.39 is 5.97 Å². The van der Waals surface area contributed by atoms with Crippen molar-refractivity contribution in [2.24, 2.45) is 5.92 Å². The molecule has 0 aromatic heterocycles. The first-order valence-electron chi connectivity index (χ1n) is 8.46. The maximum Gasteiger partial charge on any atom is 0.320 e. The Balaban J connectivity index is 1.60. The van der Waals surface area contributed by atoms with E-state index in [2.05, 4.69) is 9.80 Å². The van der Waals surface area contributed by atoms with Gasteiger partial charge in [0.05, 0.1) is 0 Å². The number of rotatable bonds is 4. The number of aliphatic carboxylic acids is 1. The lowest BCUT2D eigenvalue weighted by Gasteiger charge is -2.35. The third kappa shape index (κ3) is 3.01. The lowest BCUT2D eigenvalue weighted by Crippen LogP contribution is -2.46. The van der Waals surface area contributed by atoms with E-state index in [1.807, 2.05) is 0 Å². The zero-order valence-electron chi connectivity index (χ0n) is 12.5. The van der Waals surface area contributed by atoms with Gasteiger partial charge in [0, 0.05) is 19.1 Å². The molecule has 1 aliphatic carbocycles. The van der Waals surface area contributed by atoms with Crippen LogP contribution in [0.3, 0.4) is 0 Å². The Morgan fingerprint density at radius 3 is 2.50 bits per heavy atom. The minimum absolute atomic E-state index is 0.215. The van der Waals surface area contributed by atoms with Crippen LogP contribution in [0.2, 0.25) is 0 Å². The number of fused-ring (bicyclic) bond motifs is 1. The Labute approximate surface area is 122 Å². The molecule has 0 spiro atoms. The van der Waals surface area contributed by atoms with Crippen LogP contribution in [0, 0.1) is 5.92 Å². The molecule has 0 amide bonds. The highest BCUT2D eigenvalue weighted by atomic mass is 16.4. The number of piperidine rings is 1. The van der Waals surface area contributed by atoms with Gasteiger partial charge < -0.3 is 10.0 Å². The molecule has 4 heteroatoms. The van der Waals surface area contributed by atoms with E-state index in [9.17, 15) is 9.90 Å². The van der Waals surface area contributed by atoms with Gasteiger partial charge in [-0.25, -0.2) is 0 Å². The number of carboxylic acids is 1. The molecule has 3 rings (SSSR count). The molecular weight excluding hydrogens is 252 g/mol. The third-order valence-corrected chi connectivity index (χ3v) is 5.63. The van der Waals surface area contributed by atoms with Gasteiger partial charge in [-0.2, -0.15) is 0 Å². The van der Waals surface area contributed by atoms with Crippen molar-refractivity contribution in [1.82, 2.24) is 9.80 Å².